The van der Waals surface area contributed by atoms with Crippen LogP contribution >= 0.6 is 0 Å². The molecule has 0 amide bonds. The fourth-order valence-electron chi connectivity index (χ4n) is 2.87. The minimum absolute atomic E-state index is 0.0815. The van der Waals surface area contributed by atoms with Crippen molar-refractivity contribution < 1.29 is 4.79 Å². The fraction of sp³-hybridized carbons (Fsp3) is 0.500. The van der Waals surface area contributed by atoms with Crippen molar-refractivity contribution >= 4 is 5.78 Å². The van der Waals surface area contributed by atoms with Crippen LogP contribution in [-0.4, -0.2) is 5.78 Å². The number of carbonyl (C=O) groups is 1. The van der Waals surface area contributed by atoms with Gasteiger partial charge in [0.1, 0.15) is 5.78 Å². The lowest BCUT2D eigenvalue weighted by Crippen LogP contribution is -2.23. The van der Waals surface area contributed by atoms with Gasteiger partial charge in [0.25, 0.3) is 0 Å². The maximum absolute atomic E-state index is 11.5. The van der Waals surface area contributed by atoms with Crippen molar-refractivity contribution in [1.82, 2.24) is 0 Å². The van der Waals surface area contributed by atoms with Crippen molar-refractivity contribution in [2.75, 3.05) is 0 Å². The summed E-state index contributed by atoms with van der Waals surface area (Å²) in [6.07, 6.45) is 4.53. The summed E-state index contributed by atoms with van der Waals surface area (Å²) >= 11 is 0. The van der Waals surface area contributed by atoms with Gasteiger partial charge in [0.05, 0.1) is 0 Å². The van der Waals surface area contributed by atoms with E-state index < -0.39 is 0 Å². The Bertz CT molecular complexity index is 415. The van der Waals surface area contributed by atoms with Crippen LogP contribution in [0.25, 0.3) is 0 Å². The number of hydrogen-bond acceptors (Lipinski definition) is 1. The Morgan fingerprint density at radius 2 is 2.13 bits per heavy atom. The van der Waals surface area contributed by atoms with Crippen LogP contribution in [0.2, 0.25) is 0 Å². The number of benzene rings is 1. The highest BCUT2D eigenvalue weighted by Crippen LogP contribution is 2.55. The van der Waals surface area contributed by atoms with Gasteiger partial charge in [-0.1, -0.05) is 24.3 Å². The molecule has 1 nitrogen and oxygen atoms in total. The van der Waals surface area contributed by atoms with E-state index in [0.29, 0.717) is 11.7 Å². The lowest BCUT2D eigenvalue weighted by molar-refractivity contribution is -0.122. The normalized spacial score (nSPS) is 25.3. The van der Waals surface area contributed by atoms with Crippen molar-refractivity contribution in [1.29, 1.82) is 0 Å². The monoisotopic (exact) mass is 200 g/mol. The third-order valence-corrected chi connectivity index (χ3v) is 4.20. The van der Waals surface area contributed by atoms with Crippen molar-refractivity contribution in [3.05, 3.63) is 35.4 Å². The zero-order valence-electron chi connectivity index (χ0n) is 9.12. The van der Waals surface area contributed by atoms with Gasteiger partial charge in [0.2, 0.25) is 0 Å². The molecule has 3 rings (SSSR count). The molecule has 0 radical (unpaired) electrons. The van der Waals surface area contributed by atoms with Crippen LogP contribution in [0.1, 0.15) is 43.2 Å². The molecule has 2 aliphatic rings. The Morgan fingerprint density at radius 1 is 1.40 bits per heavy atom. The maximum Gasteiger partial charge on any atom is 0.135 e. The van der Waals surface area contributed by atoms with E-state index in [9.17, 15) is 4.79 Å². The fourth-order valence-corrected chi connectivity index (χ4v) is 2.87. The van der Waals surface area contributed by atoms with E-state index in [1.54, 1.807) is 6.92 Å². The lowest BCUT2D eigenvalue weighted by atomic mass is 9.72. The Hall–Kier alpha value is -1.11. The van der Waals surface area contributed by atoms with E-state index in [1.807, 2.05) is 0 Å². The molecule has 1 fully saturated rings. The third kappa shape index (κ3) is 1.33. The summed E-state index contributed by atoms with van der Waals surface area (Å²) < 4.78 is 0. The number of rotatable bonds is 3. The number of carbonyl (C=O) groups excluding carboxylic acids is 1. The van der Waals surface area contributed by atoms with Crippen molar-refractivity contribution in [3.63, 3.8) is 0 Å². The Morgan fingerprint density at radius 3 is 2.73 bits per heavy atom. The average molecular weight is 200 g/mol. The summed E-state index contributed by atoms with van der Waals surface area (Å²) in [6.45, 7) is 1.76. The SMILES string of the molecule is CC(=O)C1(CC2Cc3ccccc32)CC1. The van der Waals surface area contributed by atoms with Crippen LogP contribution in [-0.2, 0) is 11.2 Å². The van der Waals surface area contributed by atoms with E-state index in [-0.39, 0.29) is 5.41 Å². The number of fused-ring (bicyclic) bond motifs is 1. The molecule has 0 aliphatic heterocycles. The minimum atomic E-state index is 0.0815. The molecule has 1 unspecified atom stereocenters. The largest absolute Gasteiger partial charge is 0.299 e. The maximum atomic E-state index is 11.5. The molecule has 1 saturated carbocycles. The first kappa shape index (κ1) is 9.14. The minimum Gasteiger partial charge on any atom is -0.299 e. The van der Waals surface area contributed by atoms with E-state index in [1.165, 1.54) is 17.5 Å². The summed E-state index contributed by atoms with van der Waals surface area (Å²) in [7, 11) is 0. The number of Topliss-reactive ketones (excluding diaryl/α,β-unsaturated/α-hetero) is 1. The van der Waals surface area contributed by atoms with E-state index in [2.05, 4.69) is 24.3 Å². The van der Waals surface area contributed by atoms with Gasteiger partial charge in [-0.05, 0) is 49.7 Å². The van der Waals surface area contributed by atoms with E-state index in [0.717, 1.165) is 19.3 Å². The van der Waals surface area contributed by atoms with Crippen LogP contribution in [0, 0.1) is 5.41 Å². The van der Waals surface area contributed by atoms with Gasteiger partial charge in [-0.25, -0.2) is 0 Å². The molecule has 0 bridgehead atoms. The molecule has 0 saturated heterocycles. The summed E-state index contributed by atoms with van der Waals surface area (Å²) in [5.74, 6) is 1.07. The lowest BCUT2D eigenvalue weighted by Gasteiger charge is -2.32. The average Bonchev–Trinajstić information content (AvgIpc) is 2.95. The summed E-state index contributed by atoms with van der Waals surface area (Å²) in [5, 5.41) is 0. The number of ketones is 1. The molecule has 0 heterocycles. The molecule has 78 valence electrons. The second kappa shape index (κ2) is 2.94. The Kier molecular flexibility index (Phi) is 1.79. The first-order chi connectivity index (χ1) is 7.21. The van der Waals surface area contributed by atoms with Crippen LogP contribution < -0.4 is 0 Å². The molecule has 2 aliphatic carbocycles. The van der Waals surface area contributed by atoms with E-state index in [4.69, 9.17) is 0 Å². The van der Waals surface area contributed by atoms with Crippen molar-refractivity contribution in [3.8, 4) is 0 Å². The second-order valence-corrected chi connectivity index (χ2v) is 5.14. The van der Waals surface area contributed by atoms with Crippen molar-refractivity contribution in [2.24, 2.45) is 5.41 Å². The Labute approximate surface area is 90.5 Å². The highest BCUT2D eigenvalue weighted by atomic mass is 16.1. The molecule has 1 heteroatoms. The zero-order chi connectivity index (χ0) is 10.5. The smallest absolute Gasteiger partial charge is 0.135 e. The first-order valence-electron chi connectivity index (χ1n) is 5.80. The molecular weight excluding hydrogens is 184 g/mol. The first-order valence-corrected chi connectivity index (χ1v) is 5.80. The summed E-state index contributed by atoms with van der Waals surface area (Å²) in [4.78, 5) is 11.5. The van der Waals surface area contributed by atoms with Crippen LogP contribution in [0.15, 0.2) is 24.3 Å². The van der Waals surface area contributed by atoms with Gasteiger partial charge < -0.3 is 0 Å². The van der Waals surface area contributed by atoms with E-state index >= 15 is 0 Å². The highest BCUT2D eigenvalue weighted by Gasteiger charge is 2.49. The Balaban J connectivity index is 1.76. The highest BCUT2D eigenvalue weighted by molar-refractivity contribution is 5.85. The van der Waals surface area contributed by atoms with Gasteiger partial charge in [-0.2, -0.15) is 0 Å². The van der Waals surface area contributed by atoms with Gasteiger partial charge in [-0.3, -0.25) is 4.79 Å². The van der Waals surface area contributed by atoms with Crippen molar-refractivity contribution in [2.45, 2.75) is 38.5 Å². The van der Waals surface area contributed by atoms with Gasteiger partial charge in [0.15, 0.2) is 0 Å². The number of hydrogen-bond donors (Lipinski definition) is 0. The molecule has 0 N–H and O–H groups in total. The second-order valence-electron chi connectivity index (χ2n) is 5.14. The summed E-state index contributed by atoms with van der Waals surface area (Å²) in [5.41, 5.74) is 3.06. The van der Waals surface area contributed by atoms with Gasteiger partial charge in [0, 0.05) is 5.41 Å². The predicted molar refractivity (Wildman–Crippen MR) is 59.9 cm³/mol. The molecular formula is C14H16O. The molecule has 1 aromatic rings. The van der Waals surface area contributed by atoms with Crippen LogP contribution in [0.5, 0.6) is 0 Å². The third-order valence-electron chi connectivity index (χ3n) is 4.20. The molecule has 1 atom stereocenters. The van der Waals surface area contributed by atoms with Crippen LogP contribution in [0.4, 0.5) is 0 Å². The van der Waals surface area contributed by atoms with Crippen LogP contribution in [0.3, 0.4) is 0 Å². The quantitative estimate of drug-likeness (QED) is 0.732. The molecule has 0 aromatic heterocycles. The summed E-state index contributed by atoms with van der Waals surface area (Å²) in [6, 6.07) is 8.64. The topological polar surface area (TPSA) is 17.1 Å². The standard InChI is InChI=1S/C14H16O/c1-10(15)14(6-7-14)9-12-8-11-4-2-3-5-13(11)12/h2-5,12H,6-9H2,1H3. The molecule has 15 heavy (non-hydrogen) atoms. The zero-order valence-corrected chi connectivity index (χ0v) is 9.12. The molecule has 1 aromatic carbocycles. The van der Waals surface area contributed by atoms with Gasteiger partial charge >= 0.3 is 0 Å². The molecule has 0 spiro atoms. The predicted octanol–water partition coefficient (Wildman–Crippen LogP) is 3.09. The van der Waals surface area contributed by atoms with Gasteiger partial charge in [-0.15, -0.1) is 0 Å².